The molecule has 2 heterocycles. The Balaban J connectivity index is 1.99. The van der Waals surface area contributed by atoms with E-state index in [1.807, 2.05) is 0 Å². The Kier molecular flexibility index (Phi) is 7.02. The lowest BCUT2D eigenvalue weighted by Gasteiger charge is -2.25. The molecule has 36 heavy (non-hydrogen) atoms. The normalized spacial score (nSPS) is 15.2. The lowest BCUT2D eigenvalue weighted by molar-refractivity contribution is -0.385. The standard InChI is InChI=1S/C25H23N3O7S/c1-5-35-24(30)21-14(2)26-25-27(22(21)16-10-11-18(33-3)19(12-16)34-4)23(29)20(36-25)13-15-8-6-7-9-17(15)28(31)32/h6-13,22H,5H2,1-4H3. The highest BCUT2D eigenvalue weighted by Crippen LogP contribution is 2.36. The molecule has 3 aromatic rings. The van der Waals surface area contributed by atoms with Gasteiger partial charge >= 0.3 is 5.97 Å². The summed E-state index contributed by atoms with van der Waals surface area (Å²) in [7, 11) is 3.00. The number of methoxy groups -OCH3 is 2. The quantitative estimate of drug-likeness (QED) is 0.273. The van der Waals surface area contributed by atoms with Crippen LogP contribution in [-0.2, 0) is 9.53 Å². The molecule has 186 valence electrons. The number of hydrogen-bond donors (Lipinski definition) is 0. The van der Waals surface area contributed by atoms with Gasteiger partial charge in [-0.15, -0.1) is 0 Å². The Morgan fingerprint density at radius 1 is 1.19 bits per heavy atom. The summed E-state index contributed by atoms with van der Waals surface area (Å²) in [5, 5.41) is 11.5. The third-order valence-corrected chi connectivity index (χ3v) is 6.64. The molecule has 1 aliphatic heterocycles. The van der Waals surface area contributed by atoms with Crippen molar-refractivity contribution in [2.24, 2.45) is 4.99 Å². The van der Waals surface area contributed by atoms with Gasteiger partial charge in [0.15, 0.2) is 16.3 Å². The van der Waals surface area contributed by atoms with Gasteiger partial charge in [-0.3, -0.25) is 19.5 Å². The SMILES string of the molecule is CCOC(=O)C1=C(C)N=c2sc(=Cc3ccccc3[N+](=O)[O-])c(=O)n2C1c1ccc(OC)c(OC)c1. The number of aromatic nitrogens is 1. The smallest absolute Gasteiger partial charge is 0.338 e. The lowest BCUT2D eigenvalue weighted by Crippen LogP contribution is -2.40. The van der Waals surface area contributed by atoms with E-state index in [2.05, 4.69) is 4.99 Å². The van der Waals surface area contributed by atoms with Crippen molar-refractivity contribution in [3.63, 3.8) is 0 Å². The van der Waals surface area contributed by atoms with Crippen LogP contribution in [-0.4, -0.2) is 36.3 Å². The number of nitro benzene ring substituents is 1. The predicted octanol–water partition coefficient (Wildman–Crippen LogP) is 2.72. The first-order valence-electron chi connectivity index (χ1n) is 11.0. The van der Waals surface area contributed by atoms with Gasteiger partial charge in [0, 0.05) is 6.07 Å². The van der Waals surface area contributed by atoms with Crippen LogP contribution < -0.4 is 24.4 Å². The van der Waals surface area contributed by atoms with E-state index in [0.29, 0.717) is 27.6 Å². The van der Waals surface area contributed by atoms with Gasteiger partial charge in [0.25, 0.3) is 11.2 Å². The minimum atomic E-state index is -0.854. The average Bonchev–Trinajstić information content (AvgIpc) is 3.17. The Morgan fingerprint density at radius 3 is 2.58 bits per heavy atom. The summed E-state index contributed by atoms with van der Waals surface area (Å²) in [4.78, 5) is 42.5. The fraction of sp³-hybridized carbons (Fsp3) is 0.240. The van der Waals surface area contributed by atoms with Crippen LogP contribution in [0.3, 0.4) is 0 Å². The van der Waals surface area contributed by atoms with E-state index < -0.39 is 22.5 Å². The molecule has 0 saturated carbocycles. The Labute approximate surface area is 209 Å². The van der Waals surface area contributed by atoms with Crippen LogP contribution in [0.4, 0.5) is 5.69 Å². The van der Waals surface area contributed by atoms with Crippen molar-refractivity contribution in [3.8, 4) is 11.5 Å². The third kappa shape index (κ3) is 4.40. The highest BCUT2D eigenvalue weighted by Gasteiger charge is 2.34. The number of nitro groups is 1. The maximum atomic E-state index is 13.7. The molecule has 0 spiro atoms. The summed E-state index contributed by atoms with van der Waals surface area (Å²) in [5.74, 6) is 0.324. The highest BCUT2D eigenvalue weighted by atomic mass is 32.1. The van der Waals surface area contributed by atoms with Crippen LogP contribution in [0.5, 0.6) is 11.5 Å². The van der Waals surface area contributed by atoms with E-state index >= 15 is 0 Å². The summed E-state index contributed by atoms with van der Waals surface area (Å²) in [6.07, 6.45) is 1.47. The van der Waals surface area contributed by atoms with Crippen molar-refractivity contribution in [2.75, 3.05) is 20.8 Å². The number of fused-ring (bicyclic) bond motifs is 1. The molecule has 0 N–H and O–H groups in total. The number of rotatable bonds is 7. The number of thiazole rings is 1. The van der Waals surface area contributed by atoms with Gasteiger partial charge in [-0.05, 0) is 43.7 Å². The van der Waals surface area contributed by atoms with Crippen molar-refractivity contribution in [2.45, 2.75) is 19.9 Å². The lowest BCUT2D eigenvalue weighted by atomic mass is 9.95. The Morgan fingerprint density at radius 2 is 1.92 bits per heavy atom. The van der Waals surface area contributed by atoms with Gasteiger partial charge in [0.2, 0.25) is 0 Å². The summed E-state index contributed by atoms with van der Waals surface area (Å²) in [6.45, 7) is 3.52. The number of benzene rings is 2. The molecule has 2 aromatic carbocycles. The number of carbonyl (C=O) groups excluding carboxylic acids is 1. The topological polar surface area (TPSA) is 122 Å². The van der Waals surface area contributed by atoms with E-state index in [1.165, 1.54) is 30.9 Å². The summed E-state index contributed by atoms with van der Waals surface area (Å²) in [6, 6.07) is 10.4. The van der Waals surface area contributed by atoms with Crippen LogP contribution >= 0.6 is 11.3 Å². The second-order valence-corrected chi connectivity index (χ2v) is 8.74. The zero-order valence-electron chi connectivity index (χ0n) is 20.0. The summed E-state index contributed by atoms with van der Waals surface area (Å²) >= 11 is 1.09. The molecule has 0 fully saturated rings. The van der Waals surface area contributed by atoms with Crippen LogP contribution in [0.1, 0.15) is 31.0 Å². The van der Waals surface area contributed by atoms with Gasteiger partial charge in [-0.1, -0.05) is 29.5 Å². The van der Waals surface area contributed by atoms with E-state index in [4.69, 9.17) is 14.2 Å². The van der Waals surface area contributed by atoms with Crippen molar-refractivity contribution in [1.29, 1.82) is 0 Å². The van der Waals surface area contributed by atoms with Gasteiger partial charge in [-0.25, -0.2) is 9.79 Å². The Hall–Kier alpha value is -4.25. The number of hydrogen-bond acceptors (Lipinski definition) is 9. The monoisotopic (exact) mass is 509 g/mol. The fourth-order valence-corrected chi connectivity index (χ4v) is 5.08. The van der Waals surface area contributed by atoms with Crippen LogP contribution in [0, 0.1) is 10.1 Å². The van der Waals surface area contributed by atoms with Crippen molar-refractivity contribution in [1.82, 2.24) is 4.57 Å². The molecule has 0 radical (unpaired) electrons. The minimum absolute atomic E-state index is 0.122. The maximum Gasteiger partial charge on any atom is 0.338 e. The second-order valence-electron chi connectivity index (χ2n) is 7.73. The van der Waals surface area contributed by atoms with Crippen molar-refractivity contribution < 1.29 is 23.9 Å². The van der Waals surface area contributed by atoms with Crippen LogP contribution in [0.2, 0.25) is 0 Å². The molecule has 1 aromatic heterocycles. The first-order chi connectivity index (χ1) is 17.3. The number of para-hydroxylation sites is 1. The van der Waals surface area contributed by atoms with Gasteiger partial charge in [0.05, 0.1) is 53.2 Å². The molecule has 1 unspecified atom stereocenters. The molecule has 4 rings (SSSR count). The molecular formula is C25H23N3O7S. The molecule has 1 aliphatic rings. The van der Waals surface area contributed by atoms with Crippen molar-refractivity contribution >= 4 is 29.1 Å². The molecule has 0 saturated heterocycles. The summed E-state index contributed by atoms with van der Waals surface area (Å²) < 4.78 is 17.7. The van der Waals surface area contributed by atoms with Gasteiger partial charge < -0.3 is 14.2 Å². The molecule has 10 nitrogen and oxygen atoms in total. The van der Waals surface area contributed by atoms with Crippen LogP contribution in [0.25, 0.3) is 6.08 Å². The molecule has 0 aliphatic carbocycles. The summed E-state index contributed by atoms with van der Waals surface area (Å²) in [5.41, 5.74) is 0.940. The van der Waals surface area contributed by atoms with E-state index in [-0.39, 0.29) is 28.0 Å². The molecular weight excluding hydrogens is 486 g/mol. The largest absolute Gasteiger partial charge is 0.493 e. The zero-order valence-corrected chi connectivity index (χ0v) is 20.8. The minimum Gasteiger partial charge on any atom is -0.493 e. The van der Waals surface area contributed by atoms with Crippen LogP contribution in [0.15, 0.2) is 63.5 Å². The van der Waals surface area contributed by atoms with E-state index in [9.17, 15) is 19.7 Å². The Bertz CT molecular complexity index is 1570. The first-order valence-corrected chi connectivity index (χ1v) is 11.8. The average molecular weight is 510 g/mol. The number of ether oxygens (including phenoxy) is 3. The maximum absolute atomic E-state index is 13.7. The van der Waals surface area contributed by atoms with E-state index in [0.717, 1.165) is 11.3 Å². The molecule has 0 bridgehead atoms. The van der Waals surface area contributed by atoms with Gasteiger partial charge in [-0.2, -0.15) is 0 Å². The zero-order chi connectivity index (χ0) is 26.0. The number of carbonyl (C=O) groups is 1. The predicted molar refractivity (Wildman–Crippen MR) is 133 cm³/mol. The fourth-order valence-electron chi connectivity index (χ4n) is 4.05. The number of esters is 1. The third-order valence-electron chi connectivity index (χ3n) is 5.66. The van der Waals surface area contributed by atoms with Gasteiger partial charge in [0.1, 0.15) is 0 Å². The molecule has 11 heteroatoms. The highest BCUT2D eigenvalue weighted by molar-refractivity contribution is 7.07. The van der Waals surface area contributed by atoms with Crippen molar-refractivity contribution in [3.05, 3.63) is 94.7 Å². The molecule has 1 atom stereocenters. The number of allylic oxidation sites excluding steroid dienone is 1. The number of nitrogens with zero attached hydrogens (tertiary/aromatic N) is 3. The van der Waals surface area contributed by atoms with E-state index in [1.54, 1.807) is 50.2 Å². The second kappa shape index (κ2) is 10.2. The molecule has 0 amide bonds. The first kappa shape index (κ1) is 24.9.